The topological polar surface area (TPSA) is 43.4 Å². The first-order chi connectivity index (χ1) is 6.88. The summed E-state index contributed by atoms with van der Waals surface area (Å²) in [6.45, 7) is 1.87. The van der Waals surface area contributed by atoms with E-state index < -0.39 is 9.05 Å². The third kappa shape index (κ3) is 4.73. The van der Waals surface area contributed by atoms with Crippen molar-refractivity contribution >= 4 is 31.3 Å². The molecule has 0 aliphatic carbocycles. The van der Waals surface area contributed by atoms with Gasteiger partial charge in [-0.15, -0.1) is 0 Å². The quantitative estimate of drug-likeness (QED) is 0.789. The molecule has 1 aromatic rings. The molecule has 0 N–H and O–H groups in total. The fraction of sp³-hybridized carbons (Fsp3) is 0.333. The van der Waals surface area contributed by atoms with Gasteiger partial charge in [0.05, 0.1) is 5.75 Å². The largest absolute Gasteiger partial charge is 0.492 e. The number of aryl methyl sites for hydroxylation is 1. The zero-order valence-electron chi connectivity index (χ0n) is 8.04. The summed E-state index contributed by atoms with van der Waals surface area (Å²) in [5, 5.41) is 0.616. The van der Waals surface area contributed by atoms with Crippen LogP contribution < -0.4 is 4.74 Å². The van der Waals surface area contributed by atoms with E-state index >= 15 is 0 Å². The minimum Gasteiger partial charge on any atom is -0.492 e. The Morgan fingerprint density at radius 1 is 1.40 bits per heavy atom. The van der Waals surface area contributed by atoms with Gasteiger partial charge in [0, 0.05) is 15.7 Å². The third-order valence-electron chi connectivity index (χ3n) is 1.72. The van der Waals surface area contributed by atoms with E-state index in [2.05, 4.69) is 0 Å². The third-order valence-corrected chi connectivity index (χ3v) is 3.07. The maximum Gasteiger partial charge on any atom is 0.235 e. The second kappa shape index (κ2) is 5.05. The predicted molar refractivity (Wildman–Crippen MR) is 61.3 cm³/mol. The van der Waals surface area contributed by atoms with Crippen LogP contribution in [0.3, 0.4) is 0 Å². The van der Waals surface area contributed by atoms with Gasteiger partial charge in [0.15, 0.2) is 0 Å². The number of hydrogen-bond acceptors (Lipinski definition) is 3. The van der Waals surface area contributed by atoms with Crippen molar-refractivity contribution in [2.24, 2.45) is 0 Å². The van der Waals surface area contributed by atoms with Gasteiger partial charge in [-0.05, 0) is 30.7 Å². The lowest BCUT2D eigenvalue weighted by molar-refractivity contribution is 0.339. The summed E-state index contributed by atoms with van der Waals surface area (Å²) in [7, 11) is 1.54. The molecule has 0 radical (unpaired) electrons. The van der Waals surface area contributed by atoms with E-state index in [1.165, 1.54) is 0 Å². The molecule has 0 bridgehead atoms. The summed E-state index contributed by atoms with van der Waals surface area (Å²) in [4.78, 5) is 0. The van der Waals surface area contributed by atoms with Crippen LogP contribution in [0.5, 0.6) is 5.75 Å². The second-order valence-corrected chi connectivity index (χ2v) is 6.33. The summed E-state index contributed by atoms with van der Waals surface area (Å²) in [6.07, 6.45) is 0. The molecule has 0 saturated carbocycles. The fourth-order valence-electron chi connectivity index (χ4n) is 1.03. The predicted octanol–water partition coefficient (Wildman–Crippen LogP) is 2.60. The van der Waals surface area contributed by atoms with E-state index in [1.54, 1.807) is 18.2 Å². The molecule has 0 spiro atoms. The Morgan fingerprint density at radius 3 is 2.60 bits per heavy atom. The maximum absolute atomic E-state index is 10.6. The van der Waals surface area contributed by atoms with Crippen molar-refractivity contribution in [3.8, 4) is 5.75 Å². The Kier molecular flexibility index (Phi) is 4.25. The van der Waals surface area contributed by atoms with Gasteiger partial charge < -0.3 is 4.74 Å². The van der Waals surface area contributed by atoms with Gasteiger partial charge in [-0.25, -0.2) is 8.42 Å². The first-order valence-corrected chi connectivity index (χ1v) is 7.05. The normalized spacial score (nSPS) is 11.4. The molecule has 1 aromatic carbocycles. The molecule has 3 nitrogen and oxygen atoms in total. The summed E-state index contributed by atoms with van der Waals surface area (Å²) in [6, 6.07) is 5.11. The number of rotatable bonds is 4. The van der Waals surface area contributed by atoms with Crippen LogP contribution in [0.25, 0.3) is 0 Å². The maximum atomic E-state index is 10.6. The lowest BCUT2D eigenvalue weighted by Crippen LogP contribution is -2.09. The van der Waals surface area contributed by atoms with Crippen molar-refractivity contribution in [2.45, 2.75) is 6.92 Å². The van der Waals surface area contributed by atoms with Gasteiger partial charge in [-0.1, -0.05) is 11.6 Å². The molecular formula is C9H10Cl2O3S. The zero-order chi connectivity index (χ0) is 11.5. The van der Waals surface area contributed by atoms with E-state index in [0.29, 0.717) is 10.8 Å². The summed E-state index contributed by atoms with van der Waals surface area (Å²) in [5.41, 5.74) is 0.856. The highest BCUT2D eigenvalue weighted by atomic mass is 35.7. The van der Waals surface area contributed by atoms with Crippen LogP contribution in [0.4, 0.5) is 0 Å². The van der Waals surface area contributed by atoms with E-state index in [0.717, 1.165) is 5.56 Å². The lowest BCUT2D eigenvalue weighted by Gasteiger charge is -2.07. The van der Waals surface area contributed by atoms with Crippen LogP contribution in [0.2, 0.25) is 5.02 Å². The van der Waals surface area contributed by atoms with Gasteiger partial charge in [-0.2, -0.15) is 0 Å². The molecular weight excluding hydrogens is 259 g/mol. The first kappa shape index (κ1) is 12.6. The average Bonchev–Trinajstić information content (AvgIpc) is 2.07. The molecule has 15 heavy (non-hydrogen) atoms. The fourth-order valence-corrected chi connectivity index (χ4v) is 1.72. The molecule has 0 aromatic heterocycles. The van der Waals surface area contributed by atoms with Crippen LogP contribution in [-0.2, 0) is 9.05 Å². The van der Waals surface area contributed by atoms with Crippen molar-refractivity contribution in [2.75, 3.05) is 12.4 Å². The van der Waals surface area contributed by atoms with Crippen molar-refractivity contribution in [3.05, 3.63) is 28.8 Å². The Labute approximate surface area is 98.4 Å². The summed E-state index contributed by atoms with van der Waals surface area (Å²) in [5.74, 6) is 0.399. The molecule has 0 aliphatic rings. The molecule has 1 rings (SSSR count). The van der Waals surface area contributed by atoms with Crippen molar-refractivity contribution in [1.82, 2.24) is 0 Å². The highest BCUT2D eigenvalue weighted by Gasteiger charge is 2.06. The number of halogens is 2. The van der Waals surface area contributed by atoms with E-state index in [1.807, 2.05) is 6.92 Å². The van der Waals surface area contributed by atoms with Gasteiger partial charge in [-0.3, -0.25) is 0 Å². The van der Waals surface area contributed by atoms with Gasteiger partial charge in [0.2, 0.25) is 9.05 Å². The molecule has 0 saturated heterocycles. The molecule has 0 unspecified atom stereocenters. The summed E-state index contributed by atoms with van der Waals surface area (Å²) >= 11 is 5.75. The highest BCUT2D eigenvalue weighted by molar-refractivity contribution is 8.13. The first-order valence-electron chi connectivity index (χ1n) is 4.20. The minimum absolute atomic E-state index is 0.0360. The van der Waals surface area contributed by atoms with Crippen LogP contribution in [-0.4, -0.2) is 20.8 Å². The molecule has 84 valence electrons. The minimum atomic E-state index is -3.49. The second-order valence-electron chi connectivity index (χ2n) is 3.00. The highest BCUT2D eigenvalue weighted by Crippen LogP contribution is 2.21. The summed E-state index contributed by atoms with van der Waals surface area (Å²) < 4.78 is 26.5. The molecule has 0 aliphatic heterocycles. The van der Waals surface area contributed by atoms with Crippen LogP contribution >= 0.6 is 22.3 Å². The Bertz CT molecular complexity index is 443. The monoisotopic (exact) mass is 268 g/mol. The molecule has 0 amide bonds. The van der Waals surface area contributed by atoms with Crippen molar-refractivity contribution in [1.29, 1.82) is 0 Å². The smallest absolute Gasteiger partial charge is 0.235 e. The van der Waals surface area contributed by atoms with Crippen LogP contribution in [0.1, 0.15) is 5.56 Å². The van der Waals surface area contributed by atoms with Crippen LogP contribution in [0, 0.1) is 6.92 Å². The van der Waals surface area contributed by atoms with Gasteiger partial charge >= 0.3 is 0 Å². The average molecular weight is 269 g/mol. The SMILES string of the molecule is Cc1cc(Cl)ccc1OCCS(=O)(=O)Cl. The number of ether oxygens (including phenoxy) is 1. The Morgan fingerprint density at radius 2 is 2.07 bits per heavy atom. The van der Waals surface area contributed by atoms with Crippen molar-refractivity contribution < 1.29 is 13.2 Å². The van der Waals surface area contributed by atoms with E-state index in [9.17, 15) is 8.42 Å². The van der Waals surface area contributed by atoms with Crippen LogP contribution in [0.15, 0.2) is 18.2 Å². The lowest BCUT2D eigenvalue weighted by atomic mass is 10.2. The number of benzene rings is 1. The van der Waals surface area contributed by atoms with E-state index in [4.69, 9.17) is 27.0 Å². The van der Waals surface area contributed by atoms with Gasteiger partial charge in [0.1, 0.15) is 12.4 Å². The number of hydrogen-bond donors (Lipinski definition) is 0. The molecule has 0 atom stereocenters. The zero-order valence-corrected chi connectivity index (χ0v) is 10.4. The Hall–Kier alpha value is -0.450. The Balaban J connectivity index is 2.59. The molecule has 0 heterocycles. The standard InChI is InChI=1S/C9H10Cl2O3S/c1-7-6-8(10)2-3-9(7)14-4-5-15(11,12)13/h2-3,6H,4-5H2,1H3. The van der Waals surface area contributed by atoms with Crippen molar-refractivity contribution in [3.63, 3.8) is 0 Å². The van der Waals surface area contributed by atoms with Gasteiger partial charge in [0.25, 0.3) is 0 Å². The molecule has 0 fully saturated rings. The van der Waals surface area contributed by atoms with E-state index in [-0.39, 0.29) is 12.4 Å². The molecule has 6 heteroatoms.